The smallest absolute Gasteiger partial charge is 0.285 e. The third-order valence-corrected chi connectivity index (χ3v) is 2.93. The molecule has 1 atom stereocenters. The van der Waals surface area contributed by atoms with E-state index in [-0.39, 0.29) is 17.3 Å². The largest absolute Gasteiger partial charge is 0.386 e. The average molecular weight is 299 g/mol. The van der Waals surface area contributed by atoms with E-state index in [0.29, 0.717) is 13.0 Å². The monoisotopic (exact) mass is 299 g/mol. The Bertz CT molecular complexity index is 536. The molecule has 1 unspecified atom stereocenters. The van der Waals surface area contributed by atoms with Gasteiger partial charge in [0.1, 0.15) is 5.56 Å². The first-order valence-electron chi connectivity index (χ1n) is 6.36. The molecule has 0 spiro atoms. The van der Waals surface area contributed by atoms with E-state index in [1.807, 2.05) is 0 Å². The molecule has 7 nitrogen and oxygen atoms in total. The summed E-state index contributed by atoms with van der Waals surface area (Å²) in [4.78, 5) is 22.3. The Morgan fingerprint density at radius 1 is 1.52 bits per heavy atom. The Morgan fingerprint density at radius 3 is 2.71 bits per heavy atom. The van der Waals surface area contributed by atoms with Gasteiger partial charge in [-0.3, -0.25) is 14.9 Å². The molecule has 0 aliphatic heterocycles. The number of nitro groups is 1. The van der Waals surface area contributed by atoms with Gasteiger partial charge in [0.25, 0.3) is 11.6 Å². The van der Waals surface area contributed by atoms with Gasteiger partial charge in [0.05, 0.1) is 16.7 Å². The highest BCUT2D eigenvalue weighted by Crippen LogP contribution is 2.26. The molecule has 0 bridgehead atoms. The van der Waals surface area contributed by atoms with E-state index in [1.54, 1.807) is 14.0 Å². The summed E-state index contributed by atoms with van der Waals surface area (Å²) < 4.78 is 18.5. The van der Waals surface area contributed by atoms with Crippen molar-refractivity contribution in [1.29, 1.82) is 0 Å². The van der Waals surface area contributed by atoms with Crippen LogP contribution < -0.4 is 10.6 Å². The van der Waals surface area contributed by atoms with Crippen molar-refractivity contribution in [2.75, 3.05) is 26.1 Å². The quantitative estimate of drug-likeness (QED) is 0.592. The maximum atomic E-state index is 13.6. The third kappa shape index (κ3) is 4.38. The predicted octanol–water partition coefficient (Wildman–Crippen LogP) is 1.93. The summed E-state index contributed by atoms with van der Waals surface area (Å²) in [5.41, 5.74) is -0.728. The zero-order chi connectivity index (χ0) is 16.0. The van der Waals surface area contributed by atoms with Crippen LogP contribution in [0.1, 0.15) is 23.7 Å². The number of carbonyl (C=O) groups is 1. The van der Waals surface area contributed by atoms with Crippen molar-refractivity contribution in [1.82, 2.24) is 5.32 Å². The van der Waals surface area contributed by atoms with Gasteiger partial charge >= 0.3 is 0 Å². The van der Waals surface area contributed by atoms with Gasteiger partial charge in [-0.05, 0) is 19.4 Å². The van der Waals surface area contributed by atoms with Crippen molar-refractivity contribution in [3.05, 3.63) is 33.6 Å². The standard InChI is InChI=1S/C13H18FN3O4/c1-8(4-5-21-3)16-13(18)9-6-11(15-2)10(14)7-12(9)17(19)20/h6-8,15H,4-5H2,1-3H3,(H,16,18). The zero-order valence-corrected chi connectivity index (χ0v) is 12.1. The summed E-state index contributed by atoms with van der Waals surface area (Å²) in [6, 6.07) is 1.65. The molecule has 0 aliphatic rings. The minimum Gasteiger partial charge on any atom is -0.386 e. The molecule has 21 heavy (non-hydrogen) atoms. The van der Waals surface area contributed by atoms with E-state index in [4.69, 9.17) is 4.74 Å². The molecular formula is C13H18FN3O4. The van der Waals surface area contributed by atoms with E-state index in [2.05, 4.69) is 10.6 Å². The number of methoxy groups -OCH3 is 1. The molecule has 0 aliphatic carbocycles. The van der Waals surface area contributed by atoms with Crippen LogP contribution in [-0.2, 0) is 4.74 Å². The number of rotatable bonds is 7. The number of carbonyl (C=O) groups excluding carboxylic acids is 1. The van der Waals surface area contributed by atoms with Gasteiger partial charge < -0.3 is 15.4 Å². The highest BCUT2D eigenvalue weighted by Gasteiger charge is 2.24. The first kappa shape index (κ1) is 16.8. The van der Waals surface area contributed by atoms with Crippen molar-refractivity contribution in [2.45, 2.75) is 19.4 Å². The molecule has 2 N–H and O–H groups in total. The van der Waals surface area contributed by atoms with Crippen molar-refractivity contribution < 1.29 is 18.8 Å². The fraction of sp³-hybridized carbons (Fsp3) is 0.462. The number of hydrogen-bond donors (Lipinski definition) is 2. The van der Waals surface area contributed by atoms with E-state index >= 15 is 0 Å². The highest BCUT2D eigenvalue weighted by atomic mass is 19.1. The summed E-state index contributed by atoms with van der Waals surface area (Å²) in [7, 11) is 3.01. The van der Waals surface area contributed by atoms with Crippen LogP contribution in [0.3, 0.4) is 0 Å². The molecule has 0 saturated carbocycles. The lowest BCUT2D eigenvalue weighted by Gasteiger charge is -2.14. The van der Waals surface area contributed by atoms with Gasteiger partial charge in [-0.15, -0.1) is 0 Å². The zero-order valence-electron chi connectivity index (χ0n) is 12.1. The third-order valence-electron chi connectivity index (χ3n) is 2.93. The lowest BCUT2D eigenvalue weighted by molar-refractivity contribution is -0.385. The average Bonchev–Trinajstić information content (AvgIpc) is 2.44. The molecule has 1 amide bonds. The fourth-order valence-corrected chi connectivity index (χ4v) is 1.76. The van der Waals surface area contributed by atoms with Crippen LogP contribution in [0.4, 0.5) is 15.8 Å². The maximum Gasteiger partial charge on any atom is 0.285 e. The Kier molecular flexibility index (Phi) is 6.04. The van der Waals surface area contributed by atoms with Crippen molar-refractivity contribution in [3.8, 4) is 0 Å². The highest BCUT2D eigenvalue weighted by molar-refractivity contribution is 5.99. The van der Waals surface area contributed by atoms with Gasteiger partial charge in [-0.2, -0.15) is 0 Å². The van der Waals surface area contributed by atoms with Crippen LogP contribution in [0.2, 0.25) is 0 Å². The lowest BCUT2D eigenvalue weighted by atomic mass is 10.1. The molecular weight excluding hydrogens is 281 g/mol. The minimum atomic E-state index is -0.784. The number of benzene rings is 1. The summed E-state index contributed by atoms with van der Waals surface area (Å²) in [5.74, 6) is -1.41. The summed E-state index contributed by atoms with van der Waals surface area (Å²) in [6.45, 7) is 2.21. The van der Waals surface area contributed by atoms with Crippen molar-refractivity contribution in [2.24, 2.45) is 0 Å². The minimum absolute atomic E-state index is 0.0234. The lowest BCUT2D eigenvalue weighted by Crippen LogP contribution is -2.33. The predicted molar refractivity (Wildman–Crippen MR) is 76.0 cm³/mol. The van der Waals surface area contributed by atoms with Crippen LogP contribution in [0.25, 0.3) is 0 Å². The van der Waals surface area contributed by atoms with E-state index in [1.165, 1.54) is 7.05 Å². The fourth-order valence-electron chi connectivity index (χ4n) is 1.76. The molecule has 1 rings (SSSR count). The summed E-state index contributed by atoms with van der Waals surface area (Å²) in [5, 5.41) is 16.1. The SMILES string of the molecule is CNc1cc(C(=O)NC(C)CCOC)c([N+](=O)[O-])cc1F. The summed E-state index contributed by atoms with van der Waals surface area (Å²) >= 11 is 0. The van der Waals surface area contributed by atoms with Crippen molar-refractivity contribution in [3.63, 3.8) is 0 Å². The molecule has 0 saturated heterocycles. The number of nitrogens with zero attached hydrogens (tertiary/aromatic N) is 1. The second-order valence-electron chi connectivity index (χ2n) is 4.51. The first-order chi connectivity index (χ1) is 9.90. The number of halogens is 1. The van der Waals surface area contributed by atoms with Crippen LogP contribution in [0, 0.1) is 15.9 Å². The van der Waals surface area contributed by atoms with Crippen LogP contribution in [-0.4, -0.2) is 37.6 Å². The Balaban J connectivity index is 3.04. The van der Waals surface area contributed by atoms with E-state index in [9.17, 15) is 19.3 Å². The molecule has 0 heterocycles. The molecule has 0 fully saturated rings. The van der Waals surface area contributed by atoms with Crippen LogP contribution >= 0.6 is 0 Å². The maximum absolute atomic E-state index is 13.6. The molecule has 116 valence electrons. The molecule has 1 aromatic carbocycles. The van der Waals surface area contributed by atoms with Gasteiger partial charge in [0.15, 0.2) is 5.82 Å². The number of hydrogen-bond acceptors (Lipinski definition) is 5. The number of nitrogens with one attached hydrogen (secondary N) is 2. The second-order valence-corrected chi connectivity index (χ2v) is 4.51. The van der Waals surface area contributed by atoms with Crippen LogP contribution in [0.15, 0.2) is 12.1 Å². The van der Waals surface area contributed by atoms with Crippen LogP contribution in [0.5, 0.6) is 0 Å². The van der Waals surface area contributed by atoms with Gasteiger partial charge in [0.2, 0.25) is 0 Å². The number of nitro benzene ring substituents is 1. The molecule has 1 aromatic rings. The Hall–Kier alpha value is -2.22. The topological polar surface area (TPSA) is 93.5 Å². The Labute approximate surface area is 121 Å². The molecule has 0 aromatic heterocycles. The first-order valence-corrected chi connectivity index (χ1v) is 6.36. The molecule has 8 heteroatoms. The number of anilines is 1. The second kappa shape index (κ2) is 7.53. The van der Waals surface area contributed by atoms with Crippen molar-refractivity contribution >= 4 is 17.3 Å². The van der Waals surface area contributed by atoms with Gasteiger partial charge in [0, 0.05) is 26.8 Å². The van der Waals surface area contributed by atoms with E-state index < -0.39 is 22.3 Å². The molecule has 0 radical (unpaired) electrons. The Morgan fingerprint density at radius 2 is 2.19 bits per heavy atom. The van der Waals surface area contributed by atoms with Gasteiger partial charge in [-0.25, -0.2) is 4.39 Å². The summed E-state index contributed by atoms with van der Waals surface area (Å²) in [6.07, 6.45) is 0.566. The normalized spacial score (nSPS) is 11.8. The van der Waals surface area contributed by atoms with E-state index in [0.717, 1.165) is 12.1 Å². The van der Waals surface area contributed by atoms with Gasteiger partial charge in [-0.1, -0.05) is 0 Å². The number of amides is 1. The number of ether oxygens (including phenoxy) is 1.